The lowest BCUT2D eigenvalue weighted by Crippen LogP contribution is -2.48. The van der Waals surface area contributed by atoms with Crippen LogP contribution in [-0.2, 0) is 0 Å². The van der Waals surface area contributed by atoms with Gasteiger partial charge in [-0.1, -0.05) is 22.6 Å². The average molecular weight is 256 g/mol. The van der Waals surface area contributed by atoms with Crippen molar-refractivity contribution in [2.24, 2.45) is 0 Å². The quantitative estimate of drug-likeness (QED) is 0.564. The molecular weight excluding hydrogens is 243 g/mol. The van der Waals surface area contributed by atoms with Crippen molar-refractivity contribution in [2.45, 2.75) is 19.4 Å². The summed E-state index contributed by atoms with van der Waals surface area (Å²) in [5.41, 5.74) is -0.110. The van der Waals surface area contributed by atoms with Gasteiger partial charge in [0.15, 0.2) is 0 Å². The normalized spacial score (nSPS) is 10.8. The molecule has 0 aliphatic heterocycles. The molecule has 0 aliphatic carbocycles. The summed E-state index contributed by atoms with van der Waals surface area (Å²) in [6, 6.07) is -0.123. The van der Waals surface area contributed by atoms with E-state index in [9.17, 15) is 4.79 Å². The van der Waals surface area contributed by atoms with Gasteiger partial charge in [-0.3, -0.25) is 0 Å². The Morgan fingerprint density at radius 1 is 1.60 bits per heavy atom. The van der Waals surface area contributed by atoms with Gasteiger partial charge in [-0.2, -0.15) is 0 Å². The van der Waals surface area contributed by atoms with E-state index in [2.05, 4.69) is 33.2 Å². The Labute approximate surface area is 75.1 Å². The number of carbonyl (C=O) groups excluding carboxylic acids is 1. The van der Waals surface area contributed by atoms with Crippen LogP contribution in [0.5, 0.6) is 0 Å². The van der Waals surface area contributed by atoms with Crippen LogP contribution in [0.25, 0.3) is 0 Å². The number of nitrogens with one attached hydrogen (secondary N) is 2. The number of rotatable bonds is 2. The molecule has 2 amide bonds. The van der Waals surface area contributed by atoms with Gasteiger partial charge in [0.25, 0.3) is 0 Å². The highest BCUT2D eigenvalue weighted by molar-refractivity contribution is 14.1. The largest absolute Gasteiger partial charge is 0.341 e. The molecule has 60 valence electrons. The van der Waals surface area contributed by atoms with Crippen LogP contribution in [-0.4, -0.2) is 23.0 Å². The van der Waals surface area contributed by atoms with E-state index in [1.165, 1.54) is 0 Å². The molecule has 0 saturated heterocycles. The summed E-state index contributed by atoms with van der Waals surface area (Å²) in [4.78, 5) is 10.8. The third-order valence-corrected chi connectivity index (χ3v) is 2.92. The fourth-order valence-electron chi connectivity index (χ4n) is 0.403. The highest BCUT2D eigenvalue weighted by Gasteiger charge is 2.17. The minimum absolute atomic E-state index is 0.110. The fourth-order valence-corrected chi connectivity index (χ4v) is 0.594. The molecule has 0 heterocycles. The van der Waals surface area contributed by atoms with E-state index in [0.717, 1.165) is 4.43 Å². The highest BCUT2D eigenvalue weighted by atomic mass is 127. The van der Waals surface area contributed by atoms with Gasteiger partial charge < -0.3 is 10.6 Å². The van der Waals surface area contributed by atoms with Crippen LogP contribution in [0, 0.1) is 0 Å². The average Bonchev–Trinajstić information content (AvgIpc) is 1.87. The standard InChI is InChI=1S/C6H13IN2O/c1-6(2,4-7)9-5(10)8-3/h4H2,1-3H3,(H2,8,9,10). The van der Waals surface area contributed by atoms with Gasteiger partial charge >= 0.3 is 6.03 Å². The highest BCUT2D eigenvalue weighted by Crippen LogP contribution is 2.05. The number of amides is 2. The number of urea groups is 1. The molecule has 0 aromatic carbocycles. The molecule has 0 saturated carbocycles. The van der Waals surface area contributed by atoms with E-state index in [-0.39, 0.29) is 11.6 Å². The van der Waals surface area contributed by atoms with Crippen molar-refractivity contribution in [2.75, 3.05) is 11.5 Å². The maximum Gasteiger partial charge on any atom is 0.314 e. The van der Waals surface area contributed by atoms with Gasteiger partial charge in [0.05, 0.1) is 0 Å². The smallest absolute Gasteiger partial charge is 0.314 e. The monoisotopic (exact) mass is 256 g/mol. The first-order chi connectivity index (χ1) is 4.52. The zero-order valence-corrected chi connectivity index (χ0v) is 8.65. The van der Waals surface area contributed by atoms with Gasteiger partial charge in [0, 0.05) is 17.0 Å². The van der Waals surface area contributed by atoms with Crippen molar-refractivity contribution < 1.29 is 4.79 Å². The van der Waals surface area contributed by atoms with E-state index in [1.54, 1.807) is 7.05 Å². The van der Waals surface area contributed by atoms with Crippen molar-refractivity contribution in [3.8, 4) is 0 Å². The molecule has 2 N–H and O–H groups in total. The summed E-state index contributed by atoms with van der Waals surface area (Å²) in [7, 11) is 1.61. The van der Waals surface area contributed by atoms with Gasteiger partial charge in [0.2, 0.25) is 0 Å². The lowest BCUT2D eigenvalue weighted by atomic mass is 10.1. The fraction of sp³-hybridized carbons (Fsp3) is 0.833. The third-order valence-electron chi connectivity index (χ3n) is 1.01. The van der Waals surface area contributed by atoms with Crippen LogP contribution in [0.4, 0.5) is 4.79 Å². The topological polar surface area (TPSA) is 41.1 Å². The minimum Gasteiger partial charge on any atom is -0.341 e. The van der Waals surface area contributed by atoms with E-state index < -0.39 is 0 Å². The maximum atomic E-state index is 10.8. The van der Waals surface area contributed by atoms with E-state index in [0.29, 0.717) is 0 Å². The second-order valence-corrected chi connectivity index (χ2v) is 3.48. The molecule has 10 heavy (non-hydrogen) atoms. The van der Waals surface area contributed by atoms with Gasteiger partial charge in [0.1, 0.15) is 0 Å². The SMILES string of the molecule is CNC(=O)NC(C)(C)CI. The summed E-state index contributed by atoms with van der Waals surface area (Å²) in [6.07, 6.45) is 0. The van der Waals surface area contributed by atoms with Crippen LogP contribution in [0.3, 0.4) is 0 Å². The summed E-state index contributed by atoms with van der Waals surface area (Å²) in [5, 5.41) is 5.30. The van der Waals surface area contributed by atoms with Gasteiger partial charge in [-0.05, 0) is 13.8 Å². The van der Waals surface area contributed by atoms with Crippen LogP contribution < -0.4 is 10.6 Å². The number of hydrogen-bond acceptors (Lipinski definition) is 1. The number of halogens is 1. The van der Waals surface area contributed by atoms with E-state index >= 15 is 0 Å². The zero-order valence-electron chi connectivity index (χ0n) is 6.49. The molecule has 3 nitrogen and oxygen atoms in total. The summed E-state index contributed by atoms with van der Waals surface area (Å²) < 4.78 is 0.901. The van der Waals surface area contributed by atoms with Gasteiger partial charge in [-0.15, -0.1) is 0 Å². The van der Waals surface area contributed by atoms with Crippen molar-refractivity contribution >= 4 is 28.6 Å². The molecule has 0 bridgehead atoms. The van der Waals surface area contributed by atoms with Crippen molar-refractivity contribution in [3.63, 3.8) is 0 Å². The first kappa shape index (κ1) is 10.0. The molecule has 0 aromatic heterocycles. The molecule has 0 aliphatic rings. The van der Waals surface area contributed by atoms with Crippen LogP contribution in [0.1, 0.15) is 13.8 Å². The van der Waals surface area contributed by atoms with E-state index in [4.69, 9.17) is 0 Å². The third kappa shape index (κ3) is 3.92. The Bertz CT molecular complexity index is 125. The second-order valence-electron chi connectivity index (χ2n) is 2.72. The Kier molecular flexibility index (Phi) is 4.00. The predicted octanol–water partition coefficient (Wildman–Crippen LogP) is 1.13. The zero-order chi connectivity index (χ0) is 8.20. The number of alkyl halides is 1. The first-order valence-corrected chi connectivity index (χ1v) is 4.60. The molecule has 4 heteroatoms. The second kappa shape index (κ2) is 4.00. The molecule has 0 radical (unpaired) electrons. The summed E-state index contributed by atoms with van der Waals surface area (Å²) in [5.74, 6) is 0. The Hall–Kier alpha value is 0. The molecule has 0 unspecified atom stereocenters. The summed E-state index contributed by atoms with van der Waals surface area (Å²) in [6.45, 7) is 3.96. The number of carbonyl (C=O) groups is 1. The molecule has 0 atom stereocenters. The van der Waals surface area contributed by atoms with Crippen LogP contribution in [0.2, 0.25) is 0 Å². The minimum atomic E-state index is -0.123. The lowest BCUT2D eigenvalue weighted by molar-refractivity contribution is 0.235. The van der Waals surface area contributed by atoms with E-state index in [1.807, 2.05) is 13.8 Å². The summed E-state index contributed by atoms with van der Waals surface area (Å²) >= 11 is 2.24. The number of hydrogen-bond donors (Lipinski definition) is 2. The molecule has 0 aromatic rings. The van der Waals surface area contributed by atoms with Crippen molar-refractivity contribution in [3.05, 3.63) is 0 Å². The Morgan fingerprint density at radius 3 is 2.40 bits per heavy atom. The Balaban J connectivity index is 3.76. The first-order valence-electron chi connectivity index (χ1n) is 3.07. The van der Waals surface area contributed by atoms with Crippen LogP contribution in [0.15, 0.2) is 0 Å². The Morgan fingerprint density at radius 2 is 2.10 bits per heavy atom. The van der Waals surface area contributed by atoms with Crippen molar-refractivity contribution in [1.29, 1.82) is 0 Å². The van der Waals surface area contributed by atoms with Gasteiger partial charge in [-0.25, -0.2) is 4.79 Å². The predicted molar refractivity (Wildman–Crippen MR) is 50.6 cm³/mol. The molecular formula is C6H13IN2O. The lowest BCUT2D eigenvalue weighted by Gasteiger charge is -2.22. The maximum absolute atomic E-state index is 10.8. The van der Waals surface area contributed by atoms with Crippen LogP contribution >= 0.6 is 22.6 Å². The van der Waals surface area contributed by atoms with Crippen molar-refractivity contribution in [1.82, 2.24) is 10.6 Å². The molecule has 0 fully saturated rings. The molecule has 0 spiro atoms. The molecule has 0 rings (SSSR count).